The van der Waals surface area contributed by atoms with Crippen LogP contribution in [0.5, 0.6) is 0 Å². The summed E-state index contributed by atoms with van der Waals surface area (Å²) in [6.45, 7) is 8.39. The summed E-state index contributed by atoms with van der Waals surface area (Å²) in [6.07, 6.45) is 6.39. The van der Waals surface area contributed by atoms with E-state index < -0.39 is 0 Å². The average Bonchev–Trinajstić information content (AvgIpc) is 3.17. The fourth-order valence-corrected chi connectivity index (χ4v) is 4.64. The largest absolute Gasteiger partial charge is 0.352 e. The topological polar surface area (TPSA) is 88.9 Å². The van der Waals surface area contributed by atoms with E-state index in [2.05, 4.69) is 34.3 Å². The number of nitrogens with one attached hydrogen (secondary N) is 2. The molecule has 1 saturated carbocycles. The number of aromatic nitrogens is 3. The van der Waals surface area contributed by atoms with Gasteiger partial charge in [-0.05, 0) is 37.8 Å². The van der Waals surface area contributed by atoms with Gasteiger partial charge in [-0.1, -0.05) is 55.8 Å². The lowest BCUT2D eigenvalue weighted by atomic mass is 9.86. The van der Waals surface area contributed by atoms with Gasteiger partial charge in [0.1, 0.15) is 0 Å². The number of benzene rings is 1. The SMILES string of the molecule is C=CCn1c(SCC(=O)N[C@@H]2CCCC[C@@H]2C)nnc1[C@@H](C)NC(=O)c1ccccc1. The van der Waals surface area contributed by atoms with Gasteiger partial charge in [-0.15, -0.1) is 16.8 Å². The molecule has 166 valence electrons. The quantitative estimate of drug-likeness (QED) is 0.457. The zero-order valence-electron chi connectivity index (χ0n) is 18.2. The van der Waals surface area contributed by atoms with Gasteiger partial charge in [-0.2, -0.15) is 0 Å². The molecule has 0 bridgehead atoms. The molecule has 7 nitrogen and oxygen atoms in total. The van der Waals surface area contributed by atoms with Crippen molar-refractivity contribution in [2.24, 2.45) is 5.92 Å². The van der Waals surface area contributed by atoms with E-state index >= 15 is 0 Å². The summed E-state index contributed by atoms with van der Waals surface area (Å²) >= 11 is 1.36. The van der Waals surface area contributed by atoms with Crippen molar-refractivity contribution in [1.82, 2.24) is 25.4 Å². The van der Waals surface area contributed by atoms with E-state index in [0.29, 0.717) is 29.0 Å². The van der Waals surface area contributed by atoms with Crippen molar-refractivity contribution < 1.29 is 9.59 Å². The Bertz CT molecular complexity index is 899. The van der Waals surface area contributed by atoms with Crippen molar-refractivity contribution in [2.45, 2.75) is 63.3 Å². The van der Waals surface area contributed by atoms with E-state index in [9.17, 15) is 9.59 Å². The number of amides is 2. The number of carbonyl (C=O) groups is 2. The van der Waals surface area contributed by atoms with Crippen LogP contribution in [0.4, 0.5) is 0 Å². The molecule has 1 aromatic heterocycles. The van der Waals surface area contributed by atoms with Crippen LogP contribution in [0.15, 0.2) is 48.1 Å². The molecule has 31 heavy (non-hydrogen) atoms. The molecule has 3 rings (SSSR count). The monoisotopic (exact) mass is 441 g/mol. The van der Waals surface area contributed by atoms with Crippen LogP contribution in [-0.4, -0.2) is 38.4 Å². The molecule has 8 heteroatoms. The van der Waals surface area contributed by atoms with Crippen molar-refractivity contribution in [1.29, 1.82) is 0 Å². The van der Waals surface area contributed by atoms with E-state index in [-0.39, 0.29) is 29.7 Å². The zero-order chi connectivity index (χ0) is 22.2. The van der Waals surface area contributed by atoms with Crippen LogP contribution < -0.4 is 10.6 Å². The van der Waals surface area contributed by atoms with Gasteiger partial charge in [-0.3, -0.25) is 9.59 Å². The smallest absolute Gasteiger partial charge is 0.251 e. The third-order valence-corrected chi connectivity index (χ3v) is 6.58. The van der Waals surface area contributed by atoms with Gasteiger partial charge < -0.3 is 15.2 Å². The van der Waals surface area contributed by atoms with Crippen LogP contribution >= 0.6 is 11.8 Å². The molecule has 0 unspecified atom stereocenters. The highest BCUT2D eigenvalue weighted by Crippen LogP contribution is 2.25. The summed E-state index contributed by atoms with van der Waals surface area (Å²) in [7, 11) is 0. The first kappa shape index (κ1) is 23.1. The molecule has 1 heterocycles. The number of allylic oxidation sites excluding steroid dienone is 1. The molecule has 0 radical (unpaired) electrons. The molecule has 0 spiro atoms. The van der Waals surface area contributed by atoms with Crippen LogP contribution in [0, 0.1) is 5.92 Å². The minimum Gasteiger partial charge on any atom is -0.352 e. The average molecular weight is 442 g/mol. The Balaban J connectivity index is 1.62. The van der Waals surface area contributed by atoms with E-state index in [1.807, 2.05) is 29.7 Å². The van der Waals surface area contributed by atoms with Gasteiger partial charge in [-0.25, -0.2) is 0 Å². The molecular weight excluding hydrogens is 410 g/mol. The first-order valence-electron chi connectivity index (χ1n) is 10.8. The number of nitrogens with zero attached hydrogens (tertiary/aromatic N) is 3. The zero-order valence-corrected chi connectivity index (χ0v) is 19.0. The second-order valence-electron chi connectivity index (χ2n) is 8.03. The number of rotatable bonds is 9. The first-order valence-corrected chi connectivity index (χ1v) is 11.8. The lowest BCUT2D eigenvalue weighted by Crippen LogP contribution is -2.41. The normalized spacial score (nSPS) is 19.4. The highest BCUT2D eigenvalue weighted by Gasteiger charge is 2.24. The fourth-order valence-electron chi connectivity index (χ4n) is 3.87. The predicted molar refractivity (Wildman–Crippen MR) is 123 cm³/mol. The Morgan fingerprint density at radius 1 is 1.26 bits per heavy atom. The van der Waals surface area contributed by atoms with Gasteiger partial charge in [0.15, 0.2) is 11.0 Å². The van der Waals surface area contributed by atoms with Gasteiger partial charge in [0.2, 0.25) is 5.91 Å². The van der Waals surface area contributed by atoms with Crippen LogP contribution in [0.3, 0.4) is 0 Å². The van der Waals surface area contributed by atoms with E-state index in [1.54, 1.807) is 18.2 Å². The van der Waals surface area contributed by atoms with Crippen molar-refractivity contribution in [2.75, 3.05) is 5.75 Å². The molecule has 2 aromatic rings. The number of hydrogen-bond acceptors (Lipinski definition) is 5. The van der Waals surface area contributed by atoms with Crippen molar-refractivity contribution in [3.63, 3.8) is 0 Å². The molecule has 0 aliphatic heterocycles. The maximum absolute atomic E-state index is 12.5. The summed E-state index contributed by atoms with van der Waals surface area (Å²) in [5.74, 6) is 1.28. The van der Waals surface area contributed by atoms with Gasteiger partial charge in [0.25, 0.3) is 5.91 Å². The standard InChI is InChI=1S/C23H31N5O2S/c1-4-14-28-21(17(3)24-22(30)18-11-6-5-7-12-18)26-27-23(28)31-15-20(29)25-19-13-9-8-10-16(19)2/h4-7,11-12,16-17,19H,1,8-10,13-15H2,2-3H3,(H,24,30)(H,25,29)/t16-,17+,19+/m0/s1. The summed E-state index contributed by atoms with van der Waals surface area (Å²) in [5, 5.41) is 15.3. The molecule has 2 amide bonds. The maximum Gasteiger partial charge on any atom is 0.251 e. The number of hydrogen-bond donors (Lipinski definition) is 2. The van der Waals surface area contributed by atoms with Gasteiger partial charge >= 0.3 is 0 Å². The Hall–Kier alpha value is -2.61. The number of thioether (sulfide) groups is 1. The molecule has 0 saturated heterocycles. The lowest BCUT2D eigenvalue weighted by molar-refractivity contribution is -0.119. The Kier molecular flexibility index (Phi) is 8.28. The molecule has 1 aromatic carbocycles. The summed E-state index contributed by atoms with van der Waals surface area (Å²) in [6, 6.07) is 8.98. The molecular formula is C23H31N5O2S. The molecule has 1 aliphatic carbocycles. The predicted octanol–water partition coefficient (Wildman–Crippen LogP) is 3.74. The van der Waals surface area contributed by atoms with E-state index in [1.165, 1.54) is 31.0 Å². The first-order chi connectivity index (χ1) is 15.0. The van der Waals surface area contributed by atoms with Crippen LogP contribution in [-0.2, 0) is 11.3 Å². The highest BCUT2D eigenvalue weighted by atomic mass is 32.2. The van der Waals surface area contributed by atoms with Gasteiger partial charge in [0, 0.05) is 18.2 Å². The minimum absolute atomic E-state index is 0.0175. The van der Waals surface area contributed by atoms with Crippen molar-refractivity contribution in [3.05, 3.63) is 54.4 Å². The van der Waals surface area contributed by atoms with Crippen LogP contribution in [0.25, 0.3) is 0 Å². The van der Waals surface area contributed by atoms with Crippen molar-refractivity contribution in [3.8, 4) is 0 Å². The maximum atomic E-state index is 12.5. The number of carbonyl (C=O) groups excluding carboxylic acids is 2. The van der Waals surface area contributed by atoms with Crippen LogP contribution in [0.1, 0.15) is 61.8 Å². The second-order valence-corrected chi connectivity index (χ2v) is 8.97. The highest BCUT2D eigenvalue weighted by molar-refractivity contribution is 7.99. The minimum atomic E-state index is -0.341. The van der Waals surface area contributed by atoms with Gasteiger partial charge in [0.05, 0.1) is 11.8 Å². The van der Waals surface area contributed by atoms with E-state index in [0.717, 1.165) is 6.42 Å². The molecule has 3 atom stereocenters. The molecule has 1 fully saturated rings. The Morgan fingerprint density at radius 2 is 2.00 bits per heavy atom. The third kappa shape index (κ3) is 6.19. The van der Waals surface area contributed by atoms with Crippen molar-refractivity contribution >= 4 is 23.6 Å². The summed E-state index contributed by atoms with van der Waals surface area (Å²) in [5.41, 5.74) is 0.590. The van der Waals surface area contributed by atoms with Crippen LogP contribution in [0.2, 0.25) is 0 Å². The second kappa shape index (κ2) is 11.1. The molecule has 1 aliphatic rings. The Morgan fingerprint density at radius 3 is 2.71 bits per heavy atom. The molecule has 2 N–H and O–H groups in total. The summed E-state index contributed by atoms with van der Waals surface area (Å²) in [4.78, 5) is 25.0. The fraction of sp³-hybridized carbons (Fsp3) is 0.478. The summed E-state index contributed by atoms with van der Waals surface area (Å²) < 4.78 is 1.89. The lowest BCUT2D eigenvalue weighted by Gasteiger charge is -2.29. The Labute approximate surface area is 188 Å². The third-order valence-electron chi connectivity index (χ3n) is 5.62. The van der Waals surface area contributed by atoms with E-state index in [4.69, 9.17) is 0 Å².